The van der Waals surface area contributed by atoms with Crippen molar-refractivity contribution in [2.24, 2.45) is 0 Å². The molecular formula is C14H17Cl2NO3. The molecule has 20 heavy (non-hydrogen) atoms. The molecule has 0 spiro atoms. The lowest BCUT2D eigenvalue weighted by molar-refractivity contribution is -0.123. The fourth-order valence-corrected chi connectivity index (χ4v) is 2.71. The summed E-state index contributed by atoms with van der Waals surface area (Å²) in [5.41, 5.74) is 0.537. The van der Waals surface area contributed by atoms with Gasteiger partial charge in [0.05, 0.1) is 18.6 Å². The van der Waals surface area contributed by atoms with Gasteiger partial charge >= 0.3 is 0 Å². The second-order valence-electron chi connectivity index (χ2n) is 4.86. The molecule has 2 unspecified atom stereocenters. The molecule has 0 bridgehead atoms. The van der Waals surface area contributed by atoms with Crippen LogP contribution in [-0.2, 0) is 9.53 Å². The predicted molar refractivity (Wildman–Crippen MR) is 78.0 cm³/mol. The molecule has 2 rings (SSSR count). The fraction of sp³-hybridized carbons (Fsp3) is 0.500. The van der Waals surface area contributed by atoms with Crippen LogP contribution in [0.25, 0.3) is 0 Å². The maximum Gasteiger partial charge on any atom is 0.223 e. The van der Waals surface area contributed by atoms with Gasteiger partial charge in [0.15, 0.2) is 0 Å². The van der Waals surface area contributed by atoms with E-state index in [-0.39, 0.29) is 18.4 Å². The van der Waals surface area contributed by atoms with E-state index in [0.717, 1.165) is 19.4 Å². The van der Waals surface area contributed by atoms with Crippen molar-refractivity contribution in [3.63, 3.8) is 0 Å². The summed E-state index contributed by atoms with van der Waals surface area (Å²) in [5.74, 6) is -0.218. The summed E-state index contributed by atoms with van der Waals surface area (Å²) in [4.78, 5) is 11.8. The molecule has 2 atom stereocenters. The van der Waals surface area contributed by atoms with Crippen LogP contribution in [0.1, 0.15) is 30.9 Å². The molecule has 110 valence electrons. The Morgan fingerprint density at radius 1 is 1.40 bits per heavy atom. The van der Waals surface area contributed by atoms with Crippen molar-refractivity contribution < 1.29 is 14.6 Å². The number of carbonyl (C=O) groups is 1. The highest BCUT2D eigenvalue weighted by molar-refractivity contribution is 6.34. The third-order valence-corrected chi connectivity index (χ3v) is 3.64. The van der Waals surface area contributed by atoms with Gasteiger partial charge in [-0.2, -0.15) is 0 Å². The van der Waals surface area contributed by atoms with Gasteiger partial charge in [0.25, 0.3) is 0 Å². The molecule has 6 heteroatoms. The molecule has 0 saturated carbocycles. The number of aliphatic hydroxyl groups excluding tert-OH is 1. The zero-order valence-corrected chi connectivity index (χ0v) is 12.5. The highest BCUT2D eigenvalue weighted by Gasteiger charge is 2.18. The standard InChI is InChI=1S/C14H17Cl2NO3/c15-10-4-9(5-11(16)6-10)13(18)7-14(19)17-8-12-2-1-3-20-12/h4-6,12-13,18H,1-3,7-8H2,(H,17,19). The average molecular weight is 318 g/mol. The van der Waals surface area contributed by atoms with E-state index in [0.29, 0.717) is 22.2 Å². The summed E-state index contributed by atoms with van der Waals surface area (Å²) >= 11 is 11.7. The normalized spacial score (nSPS) is 19.9. The second-order valence-corrected chi connectivity index (χ2v) is 5.73. The molecule has 0 aromatic heterocycles. The fourth-order valence-electron chi connectivity index (χ4n) is 2.17. The van der Waals surface area contributed by atoms with Crippen LogP contribution in [0.5, 0.6) is 0 Å². The van der Waals surface area contributed by atoms with Crippen LogP contribution in [0.2, 0.25) is 10.0 Å². The van der Waals surface area contributed by atoms with Gasteiger partial charge in [0.1, 0.15) is 0 Å². The van der Waals surface area contributed by atoms with E-state index in [9.17, 15) is 9.90 Å². The third-order valence-electron chi connectivity index (χ3n) is 3.20. The lowest BCUT2D eigenvalue weighted by Gasteiger charge is -2.14. The Morgan fingerprint density at radius 3 is 2.70 bits per heavy atom. The van der Waals surface area contributed by atoms with Gasteiger partial charge in [-0.05, 0) is 36.6 Å². The Morgan fingerprint density at radius 2 is 2.10 bits per heavy atom. The number of nitrogens with one attached hydrogen (secondary N) is 1. The number of hydrogen-bond donors (Lipinski definition) is 2. The molecule has 0 radical (unpaired) electrons. The number of amides is 1. The topological polar surface area (TPSA) is 58.6 Å². The van der Waals surface area contributed by atoms with Crippen LogP contribution in [0.15, 0.2) is 18.2 Å². The SMILES string of the molecule is O=C(CC(O)c1cc(Cl)cc(Cl)c1)NCC1CCCO1. The quantitative estimate of drug-likeness (QED) is 0.877. The van der Waals surface area contributed by atoms with E-state index in [1.807, 2.05) is 0 Å². The number of carbonyl (C=O) groups excluding carboxylic acids is 1. The molecule has 1 fully saturated rings. The number of ether oxygens (including phenoxy) is 1. The van der Waals surface area contributed by atoms with E-state index in [1.165, 1.54) is 0 Å². The lowest BCUT2D eigenvalue weighted by Crippen LogP contribution is -2.32. The van der Waals surface area contributed by atoms with Crippen molar-refractivity contribution in [3.05, 3.63) is 33.8 Å². The maximum atomic E-state index is 11.8. The minimum Gasteiger partial charge on any atom is -0.388 e. The van der Waals surface area contributed by atoms with Crippen LogP contribution in [0, 0.1) is 0 Å². The van der Waals surface area contributed by atoms with Crippen molar-refractivity contribution >= 4 is 29.1 Å². The van der Waals surface area contributed by atoms with E-state index in [1.54, 1.807) is 18.2 Å². The Labute approximate surface area is 128 Å². The second kappa shape index (κ2) is 7.27. The lowest BCUT2D eigenvalue weighted by atomic mass is 10.1. The van der Waals surface area contributed by atoms with Crippen LogP contribution in [0.4, 0.5) is 0 Å². The zero-order valence-electron chi connectivity index (χ0n) is 10.9. The Bertz CT molecular complexity index is 455. The van der Waals surface area contributed by atoms with Crippen LogP contribution >= 0.6 is 23.2 Å². The van der Waals surface area contributed by atoms with Gasteiger partial charge in [0, 0.05) is 23.2 Å². The summed E-state index contributed by atoms with van der Waals surface area (Å²) < 4.78 is 5.41. The minimum absolute atomic E-state index is 0.0244. The summed E-state index contributed by atoms with van der Waals surface area (Å²) in [6.07, 6.45) is 1.15. The monoisotopic (exact) mass is 317 g/mol. The van der Waals surface area contributed by atoms with Crippen molar-refractivity contribution in [3.8, 4) is 0 Å². The number of hydrogen-bond acceptors (Lipinski definition) is 3. The Hall–Kier alpha value is -0.810. The summed E-state index contributed by atoms with van der Waals surface area (Å²) in [5, 5.41) is 13.7. The number of benzene rings is 1. The van der Waals surface area contributed by atoms with E-state index >= 15 is 0 Å². The zero-order chi connectivity index (χ0) is 14.5. The smallest absolute Gasteiger partial charge is 0.223 e. The van der Waals surface area contributed by atoms with E-state index in [2.05, 4.69) is 5.32 Å². The first kappa shape index (κ1) is 15.6. The molecule has 1 aliphatic rings. The van der Waals surface area contributed by atoms with Crippen molar-refractivity contribution in [1.82, 2.24) is 5.32 Å². The molecule has 0 aliphatic carbocycles. The van der Waals surface area contributed by atoms with Gasteiger partial charge in [-0.3, -0.25) is 4.79 Å². The van der Waals surface area contributed by atoms with Gasteiger partial charge in [-0.1, -0.05) is 23.2 Å². The first-order valence-electron chi connectivity index (χ1n) is 6.57. The van der Waals surface area contributed by atoms with Crippen molar-refractivity contribution in [1.29, 1.82) is 0 Å². The molecule has 1 aromatic rings. The number of aliphatic hydroxyl groups is 1. The molecule has 1 heterocycles. The molecule has 2 N–H and O–H groups in total. The number of rotatable bonds is 5. The number of halogens is 2. The molecule has 1 aromatic carbocycles. The highest BCUT2D eigenvalue weighted by atomic mass is 35.5. The molecule has 4 nitrogen and oxygen atoms in total. The van der Waals surface area contributed by atoms with Crippen molar-refractivity contribution in [2.75, 3.05) is 13.2 Å². The summed E-state index contributed by atoms with van der Waals surface area (Å²) in [7, 11) is 0. The predicted octanol–water partition coefficient (Wildman–Crippen LogP) is 2.71. The van der Waals surface area contributed by atoms with Gasteiger partial charge in [-0.15, -0.1) is 0 Å². The maximum absolute atomic E-state index is 11.8. The first-order valence-corrected chi connectivity index (χ1v) is 7.32. The average Bonchev–Trinajstić information content (AvgIpc) is 2.88. The molecule has 1 aliphatic heterocycles. The third kappa shape index (κ3) is 4.63. The molecule has 1 amide bonds. The van der Waals surface area contributed by atoms with Crippen LogP contribution in [0.3, 0.4) is 0 Å². The molecular weight excluding hydrogens is 301 g/mol. The summed E-state index contributed by atoms with van der Waals surface area (Å²) in [6.45, 7) is 1.24. The first-order chi connectivity index (χ1) is 9.54. The Balaban J connectivity index is 1.83. The Kier molecular flexibility index (Phi) is 5.66. The van der Waals surface area contributed by atoms with Gasteiger partial charge in [0.2, 0.25) is 5.91 Å². The molecule has 1 saturated heterocycles. The summed E-state index contributed by atoms with van der Waals surface area (Å²) in [6, 6.07) is 4.79. The van der Waals surface area contributed by atoms with Gasteiger partial charge < -0.3 is 15.2 Å². The van der Waals surface area contributed by atoms with E-state index in [4.69, 9.17) is 27.9 Å². The van der Waals surface area contributed by atoms with Crippen LogP contribution < -0.4 is 5.32 Å². The van der Waals surface area contributed by atoms with Gasteiger partial charge in [-0.25, -0.2) is 0 Å². The van der Waals surface area contributed by atoms with E-state index < -0.39 is 6.10 Å². The van der Waals surface area contributed by atoms with Crippen molar-refractivity contribution in [2.45, 2.75) is 31.5 Å². The van der Waals surface area contributed by atoms with Crippen LogP contribution in [-0.4, -0.2) is 30.3 Å². The highest BCUT2D eigenvalue weighted by Crippen LogP contribution is 2.25. The minimum atomic E-state index is -0.921. The largest absolute Gasteiger partial charge is 0.388 e.